The predicted molar refractivity (Wildman–Crippen MR) is 59.3 cm³/mol. The fourth-order valence-electron chi connectivity index (χ4n) is 2.12. The van der Waals surface area contributed by atoms with Crippen LogP contribution in [-0.2, 0) is 11.2 Å². The summed E-state index contributed by atoms with van der Waals surface area (Å²) in [6.45, 7) is 3.37. The van der Waals surface area contributed by atoms with Crippen molar-refractivity contribution >= 4 is 11.6 Å². The van der Waals surface area contributed by atoms with Crippen LogP contribution < -0.4 is 0 Å². The molecule has 0 saturated carbocycles. The molecule has 1 aromatic carbocycles. The number of ketones is 2. The Hall–Kier alpha value is -1.48. The van der Waals surface area contributed by atoms with Crippen molar-refractivity contribution in [3.8, 4) is 0 Å². The lowest BCUT2D eigenvalue weighted by Gasteiger charge is -2.33. The van der Waals surface area contributed by atoms with Crippen molar-refractivity contribution in [2.45, 2.75) is 25.9 Å². The highest BCUT2D eigenvalue weighted by atomic mass is 16.3. The van der Waals surface area contributed by atoms with E-state index in [0.29, 0.717) is 11.1 Å². The van der Waals surface area contributed by atoms with Gasteiger partial charge in [-0.15, -0.1) is 0 Å². The van der Waals surface area contributed by atoms with Gasteiger partial charge in [0.05, 0.1) is 0 Å². The van der Waals surface area contributed by atoms with Gasteiger partial charge in [-0.2, -0.15) is 0 Å². The maximum Gasteiger partial charge on any atom is 0.202 e. The van der Waals surface area contributed by atoms with Crippen molar-refractivity contribution in [1.29, 1.82) is 0 Å². The monoisotopic (exact) mass is 218 g/mol. The summed E-state index contributed by atoms with van der Waals surface area (Å²) in [6.07, 6.45) is 0.136. The normalized spacial score (nSPS) is 24.8. The predicted octanol–water partition coefficient (Wildman–Crippen LogP) is 1.38. The Morgan fingerprint density at radius 2 is 1.88 bits per heavy atom. The van der Waals surface area contributed by atoms with Crippen LogP contribution in [-0.4, -0.2) is 22.3 Å². The summed E-state index contributed by atoms with van der Waals surface area (Å²) >= 11 is 0. The Morgan fingerprint density at radius 1 is 1.25 bits per heavy atom. The van der Waals surface area contributed by atoms with E-state index < -0.39 is 23.1 Å². The number of rotatable bonds is 1. The van der Waals surface area contributed by atoms with Crippen LogP contribution in [0.15, 0.2) is 24.3 Å². The fraction of sp³-hybridized carbons (Fsp3) is 0.385. The molecule has 16 heavy (non-hydrogen) atoms. The van der Waals surface area contributed by atoms with E-state index in [2.05, 4.69) is 0 Å². The SMILES string of the molecule is CC(C)C1(O)C(=O)Cc2ccccc2C1=O. The highest BCUT2D eigenvalue weighted by Crippen LogP contribution is 2.31. The van der Waals surface area contributed by atoms with Gasteiger partial charge in [0, 0.05) is 12.0 Å². The van der Waals surface area contributed by atoms with Crippen molar-refractivity contribution in [3.05, 3.63) is 35.4 Å². The Bertz CT molecular complexity index is 462. The van der Waals surface area contributed by atoms with E-state index in [-0.39, 0.29) is 6.42 Å². The van der Waals surface area contributed by atoms with Crippen LogP contribution in [0.4, 0.5) is 0 Å². The number of Topliss-reactive ketones (excluding diaryl/α,β-unsaturated/α-hetero) is 2. The second-order valence-corrected chi connectivity index (χ2v) is 4.51. The highest BCUT2D eigenvalue weighted by molar-refractivity contribution is 6.21. The van der Waals surface area contributed by atoms with E-state index in [4.69, 9.17) is 0 Å². The van der Waals surface area contributed by atoms with Crippen LogP contribution in [0.25, 0.3) is 0 Å². The lowest BCUT2D eigenvalue weighted by atomic mass is 9.72. The topological polar surface area (TPSA) is 54.4 Å². The number of benzene rings is 1. The van der Waals surface area contributed by atoms with Crippen molar-refractivity contribution in [2.75, 3.05) is 0 Å². The van der Waals surface area contributed by atoms with Crippen molar-refractivity contribution in [1.82, 2.24) is 0 Å². The minimum absolute atomic E-state index is 0.136. The average Bonchev–Trinajstić information content (AvgIpc) is 2.26. The Morgan fingerprint density at radius 3 is 2.50 bits per heavy atom. The largest absolute Gasteiger partial charge is 0.374 e. The maximum atomic E-state index is 12.1. The van der Waals surface area contributed by atoms with Crippen molar-refractivity contribution in [2.24, 2.45) is 5.92 Å². The van der Waals surface area contributed by atoms with Crippen molar-refractivity contribution < 1.29 is 14.7 Å². The van der Waals surface area contributed by atoms with Crippen LogP contribution in [0.5, 0.6) is 0 Å². The molecule has 0 aromatic heterocycles. The van der Waals surface area contributed by atoms with Crippen LogP contribution >= 0.6 is 0 Å². The number of aliphatic hydroxyl groups is 1. The summed E-state index contributed by atoms with van der Waals surface area (Å²) in [6, 6.07) is 6.95. The first-order valence-corrected chi connectivity index (χ1v) is 5.36. The number of carbonyl (C=O) groups is 2. The van der Waals surface area contributed by atoms with Gasteiger partial charge in [-0.3, -0.25) is 9.59 Å². The van der Waals surface area contributed by atoms with Gasteiger partial charge in [0.2, 0.25) is 5.78 Å². The molecular formula is C13H14O3. The van der Waals surface area contributed by atoms with E-state index >= 15 is 0 Å². The molecule has 0 saturated heterocycles. The molecule has 2 rings (SSSR count). The van der Waals surface area contributed by atoms with E-state index in [1.54, 1.807) is 38.1 Å². The van der Waals surface area contributed by atoms with Gasteiger partial charge < -0.3 is 5.11 Å². The summed E-state index contributed by atoms with van der Waals surface area (Å²) in [7, 11) is 0. The summed E-state index contributed by atoms with van der Waals surface area (Å²) in [4.78, 5) is 24.0. The smallest absolute Gasteiger partial charge is 0.202 e. The molecule has 1 aliphatic rings. The molecule has 1 unspecified atom stereocenters. The van der Waals surface area contributed by atoms with E-state index in [0.717, 1.165) is 0 Å². The molecule has 1 aliphatic carbocycles. The third kappa shape index (κ3) is 1.32. The van der Waals surface area contributed by atoms with Gasteiger partial charge in [-0.1, -0.05) is 38.1 Å². The number of carbonyl (C=O) groups excluding carboxylic acids is 2. The van der Waals surface area contributed by atoms with Crippen LogP contribution in [0.1, 0.15) is 29.8 Å². The third-order valence-electron chi connectivity index (χ3n) is 3.22. The summed E-state index contributed by atoms with van der Waals surface area (Å²) in [5.41, 5.74) is -0.657. The number of hydrogen-bond donors (Lipinski definition) is 1. The zero-order valence-electron chi connectivity index (χ0n) is 9.36. The standard InChI is InChI=1S/C13H14O3/c1-8(2)13(16)11(14)7-9-5-3-4-6-10(9)12(13)15/h3-6,8,16H,7H2,1-2H3. The van der Waals surface area contributed by atoms with Crippen LogP contribution in [0.3, 0.4) is 0 Å². The summed E-state index contributed by atoms with van der Waals surface area (Å²) in [5.74, 6) is -1.26. The highest BCUT2D eigenvalue weighted by Gasteiger charge is 2.49. The second-order valence-electron chi connectivity index (χ2n) is 4.51. The molecule has 1 atom stereocenters. The Labute approximate surface area is 94.1 Å². The maximum absolute atomic E-state index is 12.1. The first-order valence-electron chi connectivity index (χ1n) is 5.36. The number of hydrogen-bond acceptors (Lipinski definition) is 3. The van der Waals surface area contributed by atoms with E-state index in [1.807, 2.05) is 0 Å². The molecule has 0 heterocycles. The molecule has 0 radical (unpaired) electrons. The fourth-order valence-corrected chi connectivity index (χ4v) is 2.12. The van der Waals surface area contributed by atoms with Gasteiger partial charge in [0.25, 0.3) is 0 Å². The lowest BCUT2D eigenvalue weighted by molar-refractivity contribution is -0.136. The summed E-state index contributed by atoms with van der Waals surface area (Å²) < 4.78 is 0. The van der Waals surface area contributed by atoms with Gasteiger partial charge in [-0.25, -0.2) is 0 Å². The zero-order chi connectivity index (χ0) is 11.9. The lowest BCUT2D eigenvalue weighted by Crippen LogP contribution is -2.54. The molecular weight excluding hydrogens is 204 g/mol. The van der Waals surface area contributed by atoms with E-state index in [1.165, 1.54) is 0 Å². The van der Waals surface area contributed by atoms with Crippen LogP contribution in [0.2, 0.25) is 0 Å². The van der Waals surface area contributed by atoms with E-state index in [9.17, 15) is 14.7 Å². The molecule has 0 fully saturated rings. The molecule has 3 nitrogen and oxygen atoms in total. The van der Waals surface area contributed by atoms with Crippen LogP contribution in [0, 0.1) is 5.92 Å². The molecule has 0 aliphatic heterocycles. The second kappa shape index (κ2) is 3.52. The first-order chi connectivity index (χ1) is 7.48. The molecule has 84 valence electrons. The van der Waals surface area contributed by atoms with Gasteiger partial charge in [-0.05, 0) is 11.5 Å². The Balaban J connectivity index is 2.58. The summed E-state index contributed by atoms with van der Waals surface area (Å²) in [5, 5.41) is 10.2. The molecule has 3 heteroatoms. The van der Waals surface area contributed by atoms with Gasteiger partial charge in [0.15, 0.2) is 11.4 Å². The van der Waals surface area contributed by atoms with Crippen molar-refractivity contribution in [3.63, 3.8) is 0 Å². The average molecular weight is 218 g/mol. The molecule has 1 N–H and O–H groups in total. The molecule has 0 amide bonds. The number of fused-ring (bicyclic) bond motifs is 1. The molecule has 0 bridgehead atoms. The Kier molecular flexibility index (Phi) is 2.43. The molecule has 0 spiro atoms. The minimum atomic E-state index is -1.84. The minimum Gasteiger partial charge on any atom is -0.374 e. The zero-order valence-corrected chi connectivity index (χ0v) is 9.36. The quantitative estimate of drug-likeness (QED) is 0.724. The molecule has 1 aromatic rings. The third-order valence-corrected chi connectivity index (χ3v) is 3.22. The first kappa shape index (κ1) is 11.0. The van der Waals surface area contributed by atoms with Gasteiger partial charge in [0.1, 0.15) is 0 Å². The van der Waals surface area contributed by atoms with Gasteiger partial charge >= 0.3 is 0 Å².